The van der Waals surface area contributed by atoms with Crippen LogP contribution in [0.3, 0.4) is 0 Å². The van der Waals surface area contributed by atoms with Gasteiger partial charge in [-0.3, -0.25) is 9.59 Å². The Hall–Kier alpha value is -2.57. The summed E-state index contributed by atoms with van der Waals surface area (Å²) in [6.45, 7) is 1.33. The first-order valence-electron chi connectivity index (χ1n) is 6.75. The molecule has 2 rings (SSSR count). The van der Waals surface area contributed by atoms with Crippen LogP contribution in [0.4, 0.5) is 16.2 Å². The fraction of sp³-hybridized carbons (Fsp3) is 0.357. The molecule has 0 bridgehead atoms. The van der Waals surface area contributed by atoms with Crippen LogP contribution in [0, 0.1) is 0 Å². The molecule has 7 heteroatoms. The highest BCUT2D eigenvalue weighted by atomic mass is 16.2. The number of rotatable bonds is 5. The van der Waals surface area contributed by atoms with E-state index in [1.54, 1.807) is 24.3 Å². The average Bonchev–Trinajstić information content (AvgIpc) is 3.22. The summed E-state index contributed by atoms with van der Waals surface area (Å²) in [4.78, 5) is 33.9. The number of benzene rings is 1. The Morgan fingerprint density at radius 3 is 2.14 bits per heavy atom. The first-order chi connectivity index (χ1) is 10.0. The number of hydrogen-bond acceptors (Lipinski definition) is 3. The molecule has 4 N–H and O–H groups in total. The van der Waals surface area contributed by atoms with E-state index in [4.69, 9.17) is 0 Å². The highest BCUT2D eigenvalue weighted by molar-refractivity contribution is 5.95. The largest absolute Gasteiger partial charge is 0.335 e. The molecular weight excluding hydrogens is 272 g/mol. The van der Waals surface area contributed by atoms with E-state index in [0.29, 0.717) is 11.4 Å². The third-order valence-corrected chi connectivity index (χ3v) is 2.81. The molecule has 0 unspecified atom stereocenters. The van der Waals surface area contributed by atoms with E-state index < -0.39 is 0 Å². The molecule has 0 aliphatic heterocycles. The minimum absolute atomic E-state index is 0.0913. The van der Waals surface area contributed by atoms with Crippen molar-refractivity contribution in [3.8, 4) is 0 Å². The Morgan fingerprint density at radius 1 is 1.05 bits per heavy atom. The highest BCUT2D eigenvalue weighted by Crippen LogP contribution is 2.18. The molecule has 7 nitrogen and oxygen atoms in total. The molecule has 1 fully saturated rings. The first-order valence-corrected chi connectivity index (χ1v) is 6.75. The molecule has 1 aromatic carbocycles. The zero-order valence-electron chi connectivity index (χ0n) is 11.7. The summed E-state index contributed by atoms with van der Waals surface area (Å²) < 4.78 is 0. The number of anilines is 2. The van der Waals surface area contributed by atoms with Crippen LogP contribution in [0.15, 0.2) is 24.3 Å². The number of amides is 4. The number of carbonyl (C=O) groups excluding carboxylic acids is 3. The van der Waals surface area contributed by atoms with Gasteiger partial charge >= 0.3 is 6.03 Å². The normalized spacial score (nSPS) is 13.2. The van der Waals surface area contributed by atoms with Crippen LogP contribution < -0.4 is 21.3 Å². The molecule has 0 heterocycles. The smallest absolute Gasteiger partial charge is 0.315 e. The van der Waals surface area contributed by atoms with Gasteiger partial charge in [-0.2, -0.15) is 0 Å². The average molecular weight is 290 g/mol. The second-order valence-electron chi connectivity index (χ2n) is 4.91. The van der Waals surface area contributed by atoms with Crippen molar-refractivity contribution in [1.82, 2.24) is 10.6 Å². The fourth-order valence-corrected chi connectivity index (χ4v) is 1.67. The van der Waals surface area contributed by atoms with Crippen molar-refractivity contribution in [3.63, 3.8) is 0 Å². The fourth-order valence-electron chi connectivity index (χ4n) is 1.67. The zero-order valence-corrected chi connectivity index (χ0v) is 11.7. The van der Waals surface area contributed by atoms with Crippen LogP contribution in [0.5, 0.6) is 0 Å². The number of hydrogen-bond donors (Lipinski definition) is 4. The molecule has 0 saturated heterocycles. The van der Waals surface area contributed by atoms with Gasteiger partial charge in [-0.15, -0.1) is 0 Å². The topological polar surface area (TPSA) is 99.3 Å². The summed E-state index contributed by atoms with van der Waals surface area (Å²) in [6.07, 6.45) is 2.00. The van der Waals surface area contributed by atoms with Gasteiger partial charge < -0.3 is 21.3 Å². The van der Waals surface area contributed by atoms with Crippen molar-refractivity contribution in [2.45, 2.75) is 25.8 Å². The number of carbonyl (C=O) groups is 3. The molecule has 1 aliphatic carbocycles. The maximum atomic E-state index is 11.7. The summed E-state index contributed by atoms with van der Waals surface area (Å²) >= 11 is 0. The second-order valence-corrected chi connectivity index (χ2v) is 4.91. The third kappa shape index (κ3) is 5.52. The number of nitrogens with one attached hydrogen (secondary N) is 4. The van der Waals surface area contributed by atoms with E-state index in [-0.39, 0.29) is 30.4 Å². The SMILES string of the molecule is CC(=O)Nc1ccc(NC(=O)CNC(=O)NC2CC2)cc1. The maximum absolute atomic E-state index is 11.7. The molecule has 0 radical (unpaired) electrons. The van der Waals surface area contributed by atoms with Gasteiger partial charge in [0.25, 0.3) is 0 Å². The Bertz CT molecular complexity index is 538. The zero-order chi connectivity index (χ0) is 15.2. The Labute approximate surface area is 122 Å². The molecule has 1 saturated carbocycles. The van der Waals surface area contributed by atoms with E-state index in [1.165, 1.54) is 6.92 Å². The molecule has 0 aromatic heterocycles. The second kappa shape index (κ2) is 6.74. The predicted molar refractivity (Wildman–Crippen MR) is 78.9 cm³/mol. The summed E-state index contributed by atoms with van der Waals surface area (Å²) in [5.74, 6) is -0.467. The summed E-state index contributed by atoms with van der Waals surface area (Å²) in [5.41, 5.74) is 1.25. The number of urea groups is 1. The van der Waals surface area contributed by atoms with E-state index in [2.05, 4.69) is 21.3 Å². The Kier molecular flexibility index (Phi) is 4.76. The minimum atomic E-state index is -0.325. The molecule has 1 aliphatic rings. The van der Waals surface area contributed by atoms with Gasteiger partial charge in [-0.05, 0) is 37.1 Å². The van der Waals surface area contributed by atoms with Gasteiger partial charge in [0.05, 0.1) is 6.54 Å². The molecule has 0 spiro atoms. The Morgan fingerprint density at radius 2 is 1.62 bits per heavy atom. The summed E-state index contributed by atoms with van der Waals surface area (Å²) in [7, 11) is 0. The molecule has 0 atom stereocenters. The van der Waals surface area contributed by atoms with Crippen LogP contribution in [0.1, 0.15) is 19.8 Å². The van der Waals surface area contributed by atoms with Crippen LogP contribution in [-0.4, -0.2) is 30.4 Å². The summed E-state index contributed by atoms with van der Waals surface area (Å²) in [6, 6.07) is 6.65. The quantitative estimate of drug-likeness (QED) is 0.652. The van der Waals surface area contributed by atoms with Gasteiger partial charge in [0.1, 0.15) is 0 Å². The van der Waals surface area contributed by atoms with Gasteiger partial charge in [-0.25, -0.2) is 4.79 Å². The Balaban J connectivity index is 1.73. The van der Waals surface area contributed by atoms with E-state index in [9.17, 15) is 14.4 Å². The van der Waals surface area contributed by atoms with Gasteiger partial charge in [0, 0.05) is 24.3 Å². The van der Waals surface area contributed by atoms with Crippen molar-refractivity contribution < 1.29 is 14.4 Å². The standard InChI is InChI=1S/C14H18N4O3/c1-9(19)16-10-2-4-11(5-3-10)17-13(20)8-15-14(21)18-12-6-7-12/h2-5,12H,6-8H2,1H3,(H,16,19)(H,17,20)(H2,15,18,21). The minimum Gasteiger partial charge on any atom is -0.335 e. The lowest BCUT2D eigenvalue weighted by atomic mass is 10.2. The first kappa shape index (κ1) is 14.8. The van der Waals surface area contributed by atoms with Crippen LogP contribution >= 0.6 is 0 Å². The van der Waals surface area contributed by atoms with Crippen LogP contribution in [0.25, 0.3) is 0 Å². The van der Waals surface area contributed by atoms with E-state index in [0.717, 1.165) is 12.8 Å². The van der Waals surface area contributed by atoms with Crippen molar-refractivity contribution in [1.29, 1.82) is 0 Å². The van der Waals surface area contributed by atoms with Crippen LogP contribution in [0.2, 0.25) is 0 Å². The monoisotopic (exact) mass is 290 g/mol. The van der Waals surface area contributed by atoms with Crippen molar-refractivity contribution in [2.75, 3.05) is 17.2 Å². The van der Waals surface area contributed by atoms with E-state index in [1.807, 2.05) is 0 Å². The van der Waals surface area contributed by atoms with Crippen molar-refractivity contribution >= 4 is 29.2 Å². The molecular formula is C14H18N4O3. The molecule has 4 amide bonds. The third-order valence-electron chi connectivity index (χ3n) is 2.81. The lowest BCUT2D eigenvalue weighted by molar-refractivity contribution is -0.115. The van der Waals surface area contributed by atoms with Gasteiger partial charge in [-0.1, -0.05) is 0 Å². The highest BCUT2D eigenvalue weighted by Gasteiger charge is 2.23. The predicted octanol–water partition coefficient (Wildman–Crippen LogP) is 1.05. The molecule has 21 heavy (non-hydrogen) atoms. The van der Waals surface area contributed by atoms with Gasteiger partial charge in [0.2, 0.25) is 11.8 Å². The van der Waals surface area contributed by atoms with Gasteiger partial charge in [0.15, 0.2) is 0 Å². The molecule has 112 valence electrons. The van der Waals surface area contributed by atoms with E-state index >= 15 is 0 Å². The summed E-state index contributed by atoms with van der Waals surface area (Å²) in [5, 5.41) is 10.5. The van der Waals surface area contributed by atoms with Crippen molar-refractivity contribution in [2.24, 2.45) is 0 Å². The lowest BCUT2D eigenvalue weighted by Crippen LogP contribution is -2.40. The van der Waals surface area contributed by atoms with Crippen LogP contribution in [-0.2, 0) is 9.59 Å². The maximum Gasteiger partial charge on any atom is 0.315 e. The molecule has 1 aromatic rings. The lowest BCUT2D eigenvalue weighted by Gasteiger charge is -2.08. The van der Waals surface area contributed by atoms with Crippen molar-refractivity contribution in [3.05, 3.63) is 24.3 Å².